The highest BCUT2D eigenvalue weighted by Gasteiger charge is 2.22. The minimum Gasteiger partial charge on any atom is -0.327 e. The van der Waals surface area contributed by atoms with Gasteiger partial charge < -0.3 is 4.57 Å². The summed E-state index contributed by atoms with van der Waals surface area (Å²) < 4.78 is 2.32. The van der Waals surface area contributed by atoms with Crippen molar-refractivity contribution in [1.82, 2.24) is 9.55 Å². The van der Waals surface area contributed by atoms with E-state index < -0.39 is 0 Å². The summed E-state index contributed by atoms with van der Waals surface area (Å²) in [7, 11) is 0. The second kappa shape index (κ2) is 4.36. The molecule has 0 aliphatic heterocycles. The van der Waals surface area contributed by atoms with E-state index in [4.69, 9.17) is 4.98 Å². The Hall–Kier alpha value is -1.57. The van der Waals surface area contributed by atoms with E-state index in [9.17, 15) is 0 Å². The second-order valence-corrected chi connectivity index (χ2v) is 5.40. The Kier molecular flexibility index (Phi) is 3.05. The first-order valence-electron chi connectivity index (χ1n) is 6.10. The van der Waals surface area contributed by atoms with E-state index in [2.05, 4.69) is 50.1 Å². The summed E-state index contributed by atoms with van der Waals surface area (Å²) in [6.45, 7) is 11.4. The quantitative estimate of drug-likeness (QED) is 0.728. The van der Waals surface area contributed by atoms with Gasteiger partial charge in [0.15, 0.2) is 0 Å². The Labute approximate surface area is 103 Å². The largest absolute Gasteiger partial charge is 0.327 e. The van der Waals surface area contributed by atoms with Crippen LogP contribution >= 0.6 is 0 Å². The van der Waals surface area contributed by atoms with E-state index in [0.717, 1.165) is 24.3 Å². The van der Waals surface area contributed by atoms with Crippen molar-refractivity contribution >= 4 is 11.0 Å². The van der Waals surface area contributed by atoms with Crippen LogP contribution in [0.1, 0.15) is 33.0 Å². The highest BCUT2D eigenvalue weighted by atomic mass is 15.1. The van der Waals surface area contributed by atoms with Crippen LogP contribution in [0.3, 0.4) is 0 Å². The van der Waals surface area contributed by atoms with Crippen LogP contribution in [0, 0.1) is 0 Å². The van der Waals surface area contributed by atoms with E-state index >= 15 is 0 Å². The molecule has 0 bridgehead atoms. The zero-order valence-corrected chi connectivity index (χ0v) is 10.9. The number of aromatic nitrogens is 2. The van der Waals surface area contributed by atoms with Crippen LogP contribution < -0.4 is 0 Å². The van der Waals surface area contributed by atoms with Crippen LogP contribution in [0.5, 0.6) is 0 Å². The van der Waals surface area contributed by atoms with Crippen LogP contribution in [0.15, 0.2) is 36.9 Å². The SMILES string of the molecule is C=CCCn1c(C(C)(C)C)nc2ccccc21. The molecule has 0 aliphatic rings. The number of para-hydroxylation sites is 2. The number of hydrogen-bond donors (Lipinski definition) is 0. The topological polar surface area (TPSA) is 17.8 Å². The number of aryl methyl sites for hydroxylation is 1. The summed E-state index contributed by atoms with van der Waals surface area (Å²) in [5.41, 5.74) is 2.38. The Morgan fingerprint density at radius 3 is 2.65 bits per heavy atom. The molecule has 0 unspecified atom stereocenters. The van der Waals surface area contributed by atoms with Crippen molar-refractivity contribution in [1.29, 1.82) is 0 Å². The third-order valence-corrected chi connectivity index (χ3v) is 2.88. The van der Waals surface area contributed by atoms with Crippen LogP contribution in [-0.2, 0) is 12.0 Å². The third-order valence-electron chi connectivity index (χ3n) is 2.88. The molecular weight excluding hydrogens is 208 g/mol. The number of allylic oxidation sites excluding steroid dienone is 1. The summed E-state index contributed by atoms with van der Waals surface area (Å²) in [5.74, 6) is 1.15. The Morgan fingerprint density at radius 1 is 1.29 bits per heavy atom. The van der Waals surface area contributed by atoms with Gasteiger partial charge in [-0.05, 0) is 18.6 Å². The third kappa shape index (κ3) is 2.26. The number of fused-ring (bicyclic) bond motifs is 1. The van der Waals surface area contributed by atoms with Crippen molar-refractivity contribution in [2.45, 2.75) is 39.2 Å². The van der Waals surface area contributed by atoms with Gasteiger partial charge in [-0.1, -0.05) is 39.0 Å². The first-order chi connectivity index (χ1) is 8.04. The summed E-state index contributed by atoms with van der Waals surface area (Å²) in [4.78, 5) is 4.77. The van der Waals surface area contributed by atoms with Gasteiger partial charge in [0.05, 0.1) is 11.0 Å². The molecule has 2 nitrogen and oxygen atoms in total. The molecule has 0 aliphatic carbocycles. The number of rotatable bonds is 3. The number of nitrogens with zero attached hydrogens (tertiary/aromatic N) is 2. The fraction of sp³-hybridized carbons (Fsp3) is 0.400. The maximum absolute atomic E-state index is 4.77. The maximum atomic E-state index is 4.77. The van der Waals surface area contributed by atoms with Gasteiger partial charge in [-0.15, -0.1) is 6.58 Å². The molecule has 90 valence electrons. The van der Waals surface area contributed by atoms with Crippen molar-refractivity contribution in [3.63, 3.8) is 0 Å². The molecule has 0 atom stereocenters. The highest BCUT2D eigenvalue weighted by molar-refractivity contribution is 5.76. The lowest BCUT2D eigenvalue weighted by molar-refractivity contribution is 0.505. The van der Waals surface area contributed by atoms with Crippen LogP contribution in [0.25, 0.3) is 11.0 Å². The Bertz CT molecular complexity index is 529. The minimum atomic E-state index is 0.0696. The van der Waals surface area contributed by atoms with Gasteiger partial charge in [-0.25, -0.2) is 4.98 Å². The van der Waals surface area contributed by atoms with Gasteiger partial charge in [-0.3, -0.25) is 0 Å². The van der Waals surface area contributed by atoms with Crippen LogP contribution in [0.2, 0.25) is 0 Å². The lowest BCUT2D eigenvalue weighted by atomic mass is 9.95. The molecule has 0 N–H and O–H groups in total. The summed E-state index contributed by atoms with van der Waals surface area (Å²) in [5, 5.41) is 0. The monoisotopic (exact) mass is 228 g/mol. The van der Waals surface area contributed by atoms with Gasteiger partial charge in [0.2, 0.25) is 0 Å². The lowest BCUT2D eigenvalue weighted by Crippen LogP contribution is -2.19. The van der Waals surface area contributed by atoms with Crippen molar-refractivity contribution < 1.29 is 0 Å². The predicted molar refractivity (Wildman–Crippen MR) is 73.2 cm³/mol. The van der Waals surface area contributed by atoms with Gasteiger partial charge in [-0.2, -0.15) is 0 Å². The molecule has 2 rings (SSSR count). The van der Waals surface area contributed by atoms with Gasteiger partial charge in [0.1, 0.15) is 5.82 Å². The lowest BCUT2D eigenvalue weighted by Gasteiger charge is -2.19. The van der Waals surface area contributed by atoms with E-state index in [1.165, 1.54) is 5.52 Å². The zero-order valence-electron chi connectivity index (χ0n) is 10.9. The van der Waals surface area contributed by atoms with E-state index in [0.29, 0.717) is 0 Å². The number of hydrogen-bond acceptors (Lipinski definition) is 1. The number of benzene rings is 1. The van der Waals surface area contributed by atoms with Gasteiger partial charge >= 0.3 is 0 Å². The van der Waals surface area contributed by atoms with E-state index in [1.54, 1.807) is 0 Å². The Morgan fingerprint density at radius 2 is 2.00 bits per heavy atom. The molecule has 17 heavy (non-hydrogen) atoms. The average molecular weight is 228 g/mol. The highest BCUT2D eigenvalue weighted by Crippen LogP contribution is 2.26. The van der Waals surface area contributed by atoms with Crippen LogP contribution in [0.4, 0.5) is 0 Å². The summed E-state index contributed by atoms with van der Waals surface area (Å²) in [6.07, 6.45) is 2.94. The van der Waals surface area contributed by atoms with E-state index in [1.807, 2.05) is 12.1 Å². The summed E-state index contributed by atoms with van der Waals surface area (Å²) in [6, 6.07) is 8.33. The van der Waals surface area contributed by atoms with Crippen molar-refractivity contribution in [2.75, 3.05) is 0 Å². The normalized spacial score (nSPS) is 11.9. The molecule has 0 saturated carbocycles. The molecule has 1 aromatic heterocycles. The molecule has 0 spiro atoms. The van der Waals surface area contributed by atoms with Crippen molar-refractivity contribution in [2.24, 2.45) is 0 Å². The molecule has 0 radical (unpaired) electrons. The van der Waals surface area contributed by atoms with Crippen LogP contribution in [-0.4, -0.2) is 9.55 Å². The molecule has 1 aromatic carbocycles. The Balaban J connectivity index is 2.61. The minimum absolute atomic E-state index is 0.0696. The van der Waals surface area contributed by atoms with Crippen molar-refractivity contribution in [3.8, 4) is 0 Å². The number of imidazole rings is 1. The first kappa shape index (κ1) is 11.9. The molecule has 2 aromatic rings. The fourth-order valence-corrected chi connectivity index (χ4v) is 2.09. The molecule has 0 saturated heterocycles. The maximum Gasteiger partial charge on any atom is 0.115 e. The second-order valence-electron chi connectivity index (χ2n) is 5.40. The molecule has 2 heteroatoms. The fourth-order valence-electron chi connectivity index (χ4n) is 2.09. The zero-order chi connectivity index (χ0) is 12.5. The molecule has 0 fully saturated rings. The smallest absolute Gasteiger partial charge is 0.115 e. The van der Waals surface area contributed by atoms with E-state index in [-0.39, 0.29) is 5.41 Å². The molecule has 1 heterocycles. The standard InChI is InChI=1S/C15H20N2/c1-5-6-11-17-13-10-8-7-9-12(13)16-14(17)15(2,3)4/h5,7-10H,1,6,11H2,2-4H3. The predicted octanol–water partition coefficient (Wildman–Crippen LogP) is 3.91. The molecule has 0 amide bonds. The average Bonchev–Trinajstić information content (AvgIpc) is 2.65. The molecular formula is C15H20N2. The van der Waals surface area contributed by atoms with Crippen molar-refractivity contribution in [3.05, 3.63) is 42.7 Å². The summed E-state index contributed by atoms with van der Waals surface area (Å²) >= 11 is 0. The first-order valence-corrected chi connectivity index (χ1v) is 6.10. The van der Waals surface area contributed by atoms with Gasteiger partial charge in [0, 0.05) is 12.0 Å². The van der Waals surface area contributed by atoms with Gasteiger partial charge in [0.25, 0.3) is 0 Å².